The summed E-state index contributed by atoms with van der Waals surface area (Å²) in [6, 6.07) is 12.5. The van der Waals surface area contributed by atoms with Gasteiger partial charge in [-0.15, -0.1) is 0 Å². The van der Waals surface area contributed by atoms with E-state index in [1.807, 2.05) is 18.2 Å². The van der Waals surface area contributed by atoms with Gasteiger partial charge in [0.25, 0.3) is 5.91 Å². The van der Waals surface area contributed by atoms with Crippen molar-refractivity contribution in [2.75, 3.05) is 13.1 Å². The number of benzene rings is 2. The zero-order valence-corrected chi connectivity index (χ0v) is 18.2. The molecule has 1 fully saturated rings. The van der Waals surface area contributed by atoms with E-state index in [0.29, 0.717) is 12.3 Å². The van der Waals surface area contributed by atoms with Crippen LogP contribution in [0.15, 0.2) is 47.0 Å². The lowest BCUT2D eigenvalue weighted by molar-refractivity contribution is 0.0949. The van der Waals surface area contributed by atoms with Gasteiger partial charge in [-0.25, -0.2) is 4.39 Å². The van der Waals surface area contributed by atoms with E-state index in [9.17, 15) is 9.18 Å². The van der Waals surface area contributed by atoms with Gasteiger partial charge >= 0.3 is 0 Å². The molecule has 1 amide bonds. The second-order valence-corrected chi connectivity index (χ2v) is 8.25. The maximum Gasteiger partial charge on any atom is 0.257 e. The molecule has 7 heteroatoms. The predicted octanol–water partition coefficient (Wildman–Crippen LogP) is 5.36. The van der Waals surface area contributed by atoms with Crippen LogP contribution < -0.4 is 5.32 Å². The molecule has 1 saturated heterocycles. The van der Waals surface area contributed by atoms with Gasteiger partial charge in [0.2, 0.25) is 0 Å². The van der Waals surface area contributed by atoms with E-state index < -0.39 is 5.82 Å². The molecule has 1 aliphatic rings. The highest BCUT2D eigenvalue weighted by Crippen LogP contribution is 2.33. The largest absolute Gasteiger partial charge is 0.360 e. The van der Waals surface area contributed by atoms with Crippen molar-refractivity contribution < 1.29 is 13.7 Å². The topological polar surface area (TPSA) is 58.4 Å². The fourth-order valence-electron chi connectivity index (χ4n) is 4.04. The van der Waals surface area contributed by atoms with Gasteiger partial charge in [0, 0.05) is 13.1 Å². The Kier molecular flexibility index (Phi) is 6.68. The zero-order chi connectivity index (χ0) is 21.8. The highest BCUT2D eigenvalue weighted by molar-refractivity contribution is 6.33. The summed E-state index contributed by atoms with van der Waals surface area (Å²) in [6.45, 7) is 5.07. The molecule has 4 rings (SSSR count). The Morgan fingerprint density at radius 2 is 1.87 bits per heavy atom. The number of likely N-dealkylation sites (tertiary alicyclic amines) is 1. The first-order valence-electron chi connectivity index (χ1n) is 10.5. The van der Waals surface area contributed by atoms with Gasteiger partial charge in [0.05, 0.1) is 10.6 Å². The van der Waals surface area contributed by atoms with Crippen molar-refractivity contribution in [3.8, 4) is 11.3 Å². The third-order valence-electron chi connectivity index (χ3n) is 5.69. The lowest BCUT2D eigenvalue weighted by Crippen LogP contribution is -2.30. The van der Waals surface area contributed by atoms with Crippen LogP contribution in [0.4, 0.5) is 4.39 Å². The average molecular weight is 442 g/mol. The SMILES string of the molecule is Cc1onc(-c2c(F)cccc2Cl)c1C(=O)NCc1ccccc1CN1CCCCC1. The molecule has 0 aliphatic carbocycles. The molecule has 1 N–H and O–H groups in total. The maximum absolute atomic E-state index is 14.4. The Hall–Kier alpha value is -2.70. The summed E-state index contributed by atoms with van der Waals surface area (Å²) in [4.78, 5) is 15.5. The number of aryl methyl sites for hydroxylation is 1. The molecule has 162 valence electrons. The van der Waals surface area contributed by atoms with E-state index in [4.69, 9.17) is 16.1 Å². The number of nitrogens with one attached hydrogen (secondary N) is 1. The molecule has 0 spiro atoms. The summed E-state index contributed by atoms with van der Waals surface area (Å²) in [5, 5.41) is 7.03. The maximum atomic E-state index is 14.4. The summed E-state index contributed by atoms with van der Waals surface area (Å²) in [7, 11) is 0. The molecule has 3 aromatic rings. The van der Waals surface area contributed by atoms with Crippen LogP contribution in [0.5, 0.6) is 0 Å². The van der Waals surface area contributed by atoms with Crippen LogP contribution in [-0.4, -0.2) is 29.1 Å². The van der Waals surface area contributed by atoms with Crippen molar-refractivity contribution in [2.45, 2.75) is 39.3 Å². The predicted molar refractivity (Wildman–Crippen MR) is 118 cm³/mol. The summed E-state index contributed by atoms with van der Waals surface area (Å²) < 4.78 is 19.6. The number of carbonyl (C=O) groups excluding carboxylic acids is 1. The summed E-state index contributed by atoms with van der Waals surface area (Å²) in [5.41, 5.74) is 2.63. The van der Waals surface area contributed by atoms with Gasteiger partial charge in [0.15, 0.2) is 0 Å². The number of hydrogen-bond donors (Lipinski definition) is 1. The molecule has 0 unspecified atom stereocenters. The Labute approximate surface area is 186 Å². The quantitative estimate of drug-likeness (QED) is 0.559. The molecule has 1 aliphatic heterocycles. The van der Waals surface area contributed by atoms with E-state index in [0.717, 1.165) is 25.2 Å². The van der Waals surface area contributed by atoms with Crippen molar-refractivity contribution >= 4 is 17.5 Å². The van der Waals surface area contributed by atoms with Crippen LogP contribution >= 0.6 is 11.6 Å². The fourth-order valence-corrected chi connectivity index (χ4v) is 4.29. The molecule has 1 aromatic heterocycles. The third-order valence-corrected chi connectivity index (χ3v) is 6.00. The molecule has 0 radical (unpaired) electrons. The number of nitrogens with zero attached hydrogens (tertiary/aromatic N) is 2. The Balaban J connectivity index is 1.53. The normalized spacial score (nSPS) is 14.5. The van der Waals surface area contributed by atoms with Crippen LogP contribution in [0, 0.1) is 12.7 Å². The van der Waals surface area contributed by atoms with Crippen LogP contribution in [0.1, 0.15) is 46.5 Å². The van der Waals surface area contributed by atoms with Gasteiger partial charge in [-0.2, -0.15) is 0 Å². The van der Waals surface area contributed by atoms with E-state index in [1.54, 1.807) is 13.0 Å². The lowest BCUT2D eigenvalue weighted by atomic mass is 10.0. The number of hydrogen-bond acceptors (Lipinski definition) is 4. The van der Waals surface area contributed by atoms with E-state index in [2.05, 4.69) is 21.4 Å². The third kappa shape index (κ3) is 4.81. The standard InChI is InChI=1S/C24H25ClFN3O2/c1-16-21(23(28-31-16)22-19(25)10-7-11-20(22)26)24(30)27-14-17-8-3-4-9-18(17)15-29-12-5-2-6-13-29/h3-4,7-11H,2,5-6,12-15H2,1H3,(H,27,30). The van der Waals surface area contributed by atoms with Crippen LogP contribution in [0.25, 0.3) is 11.3 Å². The fraction of sp³-hybridized carbons (Fsp3) is 0.333. The first-order chi connectivity index (χ1) is 15.0. The molecule has 0 bridgehead atoms. The van der Waals surface area contributed by atoms with E-state index in [-0.39, 0.29) is 27.8 Å². The molecule has 0 atom stereocenters. The second kappa shape index (κ2) is 9.62. The van der Waals surface area contributed by atoms with Gasteiger partial charge in [-0.05, 0) is 56.1 Å². The molecule has 2 aromatic carbocycles. The monoisotopic (exact) mass is 441 g/mol. The van der Waals surface area contributed by atoms with Crippen LogP contribution in [0.2, 0.25) is 5.02 Å². The number of amides is 1. The van der Waals surface area contributed by atoms with Crippen LogP contribution in [0.3, 0.4) is 0 Å². The first kappa shape index (κ1) is 21.5. The highest BCUT2D eigenvalue weighted by Gasteiger charge is 2.25. The number of piperidine rings is 1. The molecular formula is C24H25ClFN3O2. The number of rotatable bonds is 6. The Morgan fingerprint density at radius 1 is 1.13 bits per heavy atom. The van der Waals surface area contributed by atoms with Gasteiger partial charge < -0.3 is 9.84 Å². The minimum Gasteiger partial charge on any atom is -0.360 e. The molecule has 2 heterocycles. The minimum atomic E-state index is -0.554. The second-order valence-electron chi connectivity index (χ2n) is 7.85. The number of carbonyl (C=O) groups is 1. The van der Waals surface area contributed by atoms with Crippen LogP contribution in [-0.2, 0) is 13.1 Å². The number of aromatic nitrogens is 1. The molecule has 31 heavy (non-hydrogen) atoms. The summed E-state index contributed by atoms with van der Waals surface area (Å²) in [5.74, 6) is -0.615. The Bertz CT molecular complexity index is 1060. The number of halogens is 2. The van der Waals surface area contributed by atoms with Gasteiger partial charge in [-0.3, -0.25) is 9.69 Å². The summed E-state index contributed by atoms with van der Waals surface area (Å²) in [6.07, 6.45) is 3.75. The lowest BCUT2D eigenvalue weighted by Gasteiger charge is -2.27. The minimum absolute atomic E-state index is 0.0664. The molecule has 0 saturated carbocycles. The smallest absolute Gasteiger partial charge is 0.257 e. The van der Waals surface area contributed by atoms with Gasteiger partial charge in [0.1, 0.15) is 22.8 Å². The molecular weight excluding hydrogens is 417 g/mol. The van der Waals surface area contributed by atoms with Crippen molar-refractivity contribution in [1.29, 1.82) is 0 Å². The van der Waals surface area contributed by atoms with Crippen molar-refractivity contribution in [2.24, 2.45) is 0 Å². The molecule has 5 nitrogen and oxygen atoms in total. The summed E-state index contributed by atoms with van der Waals surface area (Å²) >= 11 is 6.18. The van der Waals surface area contributed by atoms with Crippen molar-refractivity contribution in [3.05, 3.63) is 75.8 Å². The first-order valence-corrected chi connectivity index (χ1v) is 10.9. The van der Waals surface area contributed by atoms with E-state index in [1.165, 1.54) is 37.0 Å². The Morgan fingerprint density at radius 3 is 2.61 bits per heavy atom. The van der Waals surface area contributed by atoms with E-state index >= 15 is 0 Å². The highest BCUT2D eigenvalue weighted by atomic mass is 35.5. The average Bonchev–Trinajstić information content (AvgIpc) is 3.14. The zero-order valence-electron chi connectivity index (χ0n) is 17.5. The van der Waals surface area contributed by atoms with Crippen molar-refractivity contribution in [1.82, 2.24) is 15.4 Å². The van der Waals surface area contributed by atoms with Crippen molar-refractivity contribution in [3.63, 3.8) is 0 Å². The van der Waals surface area contributed by atoms with Gasteiger partial charge in [-0.1, -0.05) is 53.5 Å².